The van der Waals surface area contributed by atoms with Crippen LogP contribution in [0.1, 0.15) is 31.5 Å². The van der Waals surface area contributed by atoms with E-state index in [4.69, 9.17) is 48.5 Å². The molecule has 42 heteroatoms. The van der Waals surface area contributed by atoms with Crippen LogP contribution in [0.25, 0.3) is 22.3 Å². The van der Waals surface area contributed by atoms with Crippen LogP contribution < -0.4 is 37.7 Å². The number of imidazole rings is 2. The van der Waals surface area contributed by atoms with Gasteiger partial charge >= 0.3 is 34.8 Å². The van der Waals surface area contributed by atoms with Crippen LogP contribution in [-0.2, 0) is 75.8 Å². The van der Waals surface area contributed by atoms with Crippen LogP contribution in [0, 0.1) is 5.92 Å². The van der Waals surface area contributed by atoms with Gasteiger partial charge in [0.05, 0.1) is 39.3 Å². The van der Waals surface area contributed by atoms with E-state index in [1.807, 2.05) is 4.98 Å². The molecule has 1 amide bonds. The average molecular weight is 1190 g/mol. The number of methoxy groups -OCH3 is 1. The van der Waals surface area contributed by atoms with Crippen molar-refractivity contribution < 1.29 is 108 Å². The minimum atomic E-state index is -6.24. The molecule has 3 aliphatic heterocycles. The zero-order valence-corrected chi connectivity index (χ0v) is 44.3. The monoisotopic (exact) mass is 1190 g/mol. The molecule has 5 aromatic heterocycles. The van der Waals surface area contributed by atoms with Crippen LogP contribution in [0.4, 0.5) is 11.8 Å². The maximum atomic E-state index is 13.5. The van der Waals surface area contributed by atoms with Crippen molar-refractivity contribution in [2.24, 2.45) is 13.0 Å². The number of hydrogen-bond donors (Lipinski definition) is 10. The van der Waals surface area contributed by atoms with Crippen molar-refractivity contribution in [2.45, 2.75) is 80.4 Å². The van der Waals surface area contributed by atoms with Gasteiger partial charge in [0.2, 0.25) is 17.7 Å². The van der Waals surface area contributed by atoms with Crippen molar-refractivity contribution in [1.29, 1.82) is 0 Å². The quantitative estimate of drug-likeness (QED) is 0.0231. The molecule has 3 aliphatic rings. The molecular weight excluding hydrogens is 1140 g/mol. The van der Waals surface area contributed by atoms with E-state index in [1.165, 1.54) is 46.1 Å². The first-order valence-electron chi connectivity index (χ1n) is 22.6. The van der Waals surface area contributed by atoms with Crippen molar-refractivity contribution in [3.8, 4) is 0 Å². The number of anilines is 2. The first-order chi connectivity index (χ1) is 36.5. The van der Waals surface area contributed by atoms with Crippen molar-refractivity contribution >= 4 is 71.3 Å². The van der Waals surface area contributed by atoms with Gasteiger partial charge < -0.3 is 79.3 Å². The van der Waals surface area contributed by atoms with Gasteiger partial charge in [0, 0.05) is 45.8 Å². The van der Waals surface area contributed by atoms with Crippen LogP contribution in [0.2, 0.25) is 0 Å². The lowest BCUT2D eigenvalue weighted by molar-refractivity contribution is -0.745. The fraction of sp³-hybridized carbons (Fsp3) is 0.583. The summed E-state index contributed by atoms with van der Waals surface area (Å²) >= 11 is 0. The van der Waals surface area contributed by atoms with E-state index in [2.05, 4.69) is 33.5 Å². The SMILES string of the molecule is CO[C@@H]1[C@H](OP(=O)([O-])OC[C@H]2O[C@@H](n3ccc(=O)[nH]c3=O)[C@H](O)[C@@H]2O)C(COP(=O)(O)OP(=O)(O)OP(=O)(O)OC[C@H]2OC([n+]3cn(C)c4c(=O)[nH]c(N)nc43)[C@H](O)[C@@H]2CCC(=O)N(C)C)O[C@H]1n1cnc2c(N)ncnc21. The fourth-order valence-electron chi connectivity index (χ4n) is 8.74. The number of hydrogen-bond acceptors (Lipinski definition) is 28. The summed E-state index contributed by atoms with van der Waals surface area (Å²) in [6, 6.07) is 0.912. The van der Waals surface area contributed by atoms with E-state index < -0.39 is 147 Å². The topological polar surface area (TPSA) is 530 Å². The Hall–Kier alpha value is -5.11. The summed E-state index contributed by atoms with van der Waals surface area (Å²) < 4.78 is 109. The molecule has 38 nitrogen and oxygen atoms in total. The summed E-state index contributed by atoms with van der Waals surface area (Å²) in [5, 5.41) is 32.8. The van der Waals surface area contributed by atoms with E-state index in [1.54, 1.807) is 0 Å². The number of nitrogens with zero attached hydrogens (tertiary/aromatic N) is 9. The Morgan fingerprint density at radius 3 is 2.15 bits per heavy atom. The number of fused-ring (bicyclic) bond motifs is 2. The number of phosphoric ester groups is 3. The smallest absolute Gasteiger partial charge is 0.490 e. The van der Waals surface area contributed by atoms with Gasteiger partial charge in [0.25, 0.3) is 24.9 Å². The molecule has 78 heavy (non-hydrogen) atoms. The molecule has 8 rings (SSSR count). The van der Waals surface area contributed by atoms with Gasteiger partial charge in [-0.05, 0) is 6.42 Å². The summed E-state index contributed by atoms with van der Waals surface area (Å²) in [6.07, 6.45) is -14.3. The zero-order chi connectivity index (χ0) is 57.0. The summed E-state index contributed by atoms with van der Waals surface area (Å²) in [6.45, 7) is -3.40. The molecule has 430 valence electrons. The minimum absolute atomic E-state index is 0.00413. The lowest BCUT2D eigenvalue weighted by Crippen LogP contribution is -2.45. The summed E-state index contributed by atoms with van der Waals surface area (Å²) in [4.78, 5) is 116. The number of nitrogen functional groups attached to an aromatic ring is 2. The third-order valence-electron chi connectivity index (χ3n) is 12.3. The van der Waals surface area contributed by atoms with E-state index >= 15 is 0 Å². The zero-order valence-electron chi connectivity index (χ0n) is 40.8. The van der Waals surface area contributed by atoms with Crippen molar-refractivity contribution in [3.63, 3.8) is 0 Å². The lowest BCUT2D eigenvalue weighted by Gasteiger charge is -2.31. The van der Waals surface area contributed by atoms with E-state index in [0.717, 1.165) is 32.0 Å². The molecule has 0 radical (unpaired) electrons. The Morgan fingerprint density at radius 2 is 1.50 bits per heavy atom. The van der Waals surface area contributed by atoms with Crippen LogP contribution in [-0.4, -0.2) is 174 Å². The molecule has 0 spiro atoms. The number of carbonyl (C=O) groups is 1. The van der Waals surface area contributed by atoms with Crippen LogP contribution in [0.3, 0.4) is 0 Å². The van der Waals surface area contributed by atoms with Gasteiger partial charge in [0.1, 0.15) is 54.6 Å². The van der Waals surface area contributed by atoms with Gasteiger partial charge in [-0.2, -0.15) is 8.62 Å². The second kappa shape index (κ2) is 22.8. The normalized spacial score (nSPS) is 29.6. The highest BCUT2D eigenvalue weighted by atomic mass is 31.3. The molecule has 0 bridgehead atoms. The highest BCUT2D eigenvalue weighted by Gasteiger charge is 2.53. The van der Waals surface area contributed by atoms with Gasteiger partial charge in [-0.1, -0.05) is 4.98 Å². The number of rotatable bonds is 22. The number of carbonyl (C=O) groups excluding carboxylic acids is 1. The molecule has 8 heterocycles. The summed E-state index contributed by atoms with van der Waals surface area (Å²) in [5.74, 6) is -1.88. The lowest BCUT2D eigenvalue weighted by atomic mass is 9.92. The van der Waals surface area contributed by atoms with Crippen molar-refractivity contribution in [2.75, 3.05) is 52.5 Å². The molecule has 0 aromatic carbocycles. The number of aromatic nitrogens is 10. The van der Waals surface area contributed by atoms with Crippen LogP contribution in [0.5, 0.6) is 0 Å². The standard InChI is InChI=1S/C36H51N13O25P4/c1-45(2)20(51)6-5-15-16(69-32(23(15)52)49-14-46(3)22-30(49)43-35(38)44-31(22)55)9-67-76(59,60)73-78(63,64)74-77(61,62)68-11-18-26(27(65-4)34(71-18)48-13-41-21-28(37)39-12-40-29(21)48)72-75(57,58)66-10-17-24(53)25(54)33(70-17)47-8-7-19(50)42-36(47)56/h7-8,12-18,23-27,32-34,52-54H,5-6,9-11H2,1-4H3,(H9-,37,38,39,40,42,43,44,50,55,56,57,58,59,60,61,62,63,64)/t15-,16-,17-,18?,23-,24-,25-,26-,27-,32?,33-,34-/m1/s1. The predicted octanol–water partition coefficient (Wildman–Crippen LogP) is -4.38. The Balaban J connectivity index is 0.950. The maximum absolute atomic E-state index is 13.5. The number of aryl methyl sites for hydroxylation is 1. The van der Waals surface area contributed by atoms with Crippen molar-refractivity contribution in [3.05, 3.63) is 62.4 Å². The predicted molar refractivity (Wildman–Crippen MR) is 251 cm³/mol. The summed E-state index contributed by atoms with van der Waals surface area (Å²) in [7, 11) is -18.3. The second-order valence-corrected chi connectivity index (χ2v) is 23.7. The Labute approximate surface area is 435 Å². The number of aliphatic hydroxyl groups excluding tert-OH is 3. The first kappa shape index (κ1) is 59.0. The Morgan fingerprint density at radius 1 is 0.846 bits per heavy atom. The van der Waals surface area contributed by atoms with E-state index in [9.17, 15) is 72.3 Å². The molecule has 5 aromatic rings. The molecular formula is C36H51N13O25P4. The molecule has 6 unspecified atom stereocenters. The number of aromatic amines is 2. The largest absolute Gasteiger partial charge is 0.756 e. The van der Waals surface area contributed by atoms with Gasteiger partial charge in [-0.15, -0.1) is 0 Å². The molecule has 0 aliphatic carbocycles. The van der Waals surface area contributed by atoms with Crippen molar-refractivity contribution in [1.82, 2.24) is 48.5 Å². The number of nitrogens with one attached hydrogen (secondary N) is 2. The molecule has 0 saturated carbocycles. The number of H-pyrrole nitrogens is 2. The van der Waals surface area contributed by atoms with Gasteiger partial charge in [0.15, 0.2) is 30.2 Å². The Kier molecular flexibility index (Phi) is 17.2. The number of aliphatic hydroxyl groups is 3. The van der Waals surface area contributed by atoms with Crippen LogP contribution >= 0.6 is 31.3 Å². The third-order valence-corrected chi connectivity index (χ3v) is 17.5. The molecule has 3 fully saturated rings. The van der Waals surface area contributed by atoms with Crippen LogP contribution in [0.15, 0.2) is 45.6 Å². The third kappa shape index (κ3) is 12.7. The van der Waals surface area contributed by atoms with Gasteiger partial charge in [-0.25, -0.2) is 38.0 Å². The molecule has 16 atom stereocenters. The van der Waals surface area contributed by atoms with Gasteiger partial charge in [-0.3, -0.25) is 51.7 Å². The first-order valence-corrected chi connectivity index (χ1v) is 28.5. The average Bonchev–Trinajstić information content (AvgIpc) is 4.17. The minimum Gasteiger partial charge on any atom is -0.756 e. The Bertz CT molecular complexity index is 3430. The highest BCUT2D eigenvalue weighted by Crippen LogP contribution is 2.68. The second-order valence-electron chi connectivity index (χ2n) is 17.7. The maximum Gasteiger partial charge on any atom is 0.490 e. The number of nitrogens with two attached hydrogens (primary N) is 2. The fourth-order valence-corrected chi connectivity index (χ4v) is 13.2. The van der Waals surface area contributed by atoms with E-state index in [0.29, 0.717) is 4.57 Å². The molecule has 3 saturated heterocycles. The number of ether oxygens (including phenoxy) is 4. The summed E-state index contributed by atoms with van der Waals surface area (Å²) in [5.41, 5.74) is 9.16. The number of phosphoric acid groups is 4. The number of amides is 1. The molecule has 12 N–H and O–H groups in total. The highest BCUT2D eigenvalue weighted by molar-refractivity contribution is 7.66. The van der Waals surface area contributed by atoms with E-state index in [-0.39, 0.29) is 46.9 Å².